The predicted molar refractivity (Wildman–Crippen MR) is 95.2 cm³/mol. The van der Waals surface area contributed by atoms with Gasteiger partial charge < -0.3 is 15.2 Å². The van der Waals surface area contributed by atoms with Gasteiger partial charge >= 0.3 is 0 Å². The van der Waals surface area contributed by atoms with E-state index in [9.17, 15) is 20.0 Å². The van der Waals surface area contributed by atoms with Crippen LogP contribution in [0, 0.1) is 16.0 Å². The summed E-state index contributed by atoms with van der Waals surface area (Å²) in [5, 5.41) is 26.9. The smallest absolute Gasteiger partial charge is 0.275 e. The molecule has 0 radical (unpaired) electrons. The molecule has 0 unspecified atom stereocenters. The van der Waals surface area contributed by atoms with Gasteiger partial charge in [0.1, 0.15) is 0 Å². The molecule has 0 saturated heterocycles. The number of allylic oxidation sites excluding steroid dienone is 2. The molecule has 4 rings (SSSR count). The highest BCUT2D eigenvalue weighted by atomic mass is 35.5. The van der Waals surface area contributed by atoms with Crippen molar-refractivity contribution in [2.24, 2.45) is 5.92 Å². The number of fused-ring (bicyclic) bond motifs is 3. The molecule has 1 N–H and O–H groups in total. The Bertz CT molecular complexity index is 939. The molecule has 0 saturated carbocycles. The number of nitro groups is 1. The van der Waals surface area contributed by atoms with Gasteiger partial charge in [0.05, 0.1) is 28.2 Å². The predicted octanol–water partition coefficient (Wildman–Crippen LogP) is 3.44. The lowest BCUT2D eigenvalue weighted by atomic mass is 9.75. The molecule has 0 fully saturated rings. The van der Waals surface area contributed by atoms with Crippen molar-refractivity contribution in [3.8, 4) is 0 Å². The average molecular weight is 370 g/mol. The zero-order chi connectivity index (χ0) is 18.4. The van der Waals surface area contributed by atoms with Crippen LogP contribution in [0.25, 0.3) is 0 Å². The number of benzene rings is 2. The number of halogens is 1. The van der Waals surface area contributed by atoms with Crippen molar-refractivity contribution >= 4 is 28.9 Å². The maximum atomic E-state index is 11.6. The number of hydrogen-bond acceptors (Lipinski definition) is 5. The minimum Gasteiger partial charge on any atom is -0.545 e. The highest BCUT2D eigenvalue weighted by Gasteiger charge is 2.42. The maximum absolute atomic E-state index is 11.6. The van der Waals surface area contributed by atoms with Crippen LogP contribution in [0.5, 0.6) is 0 Å². The van der Waals surface area contributed by atoms with E-state index in [0.29, 0.717) is 10.6 Å². The quantitative estimate of drug-likeness (QED) is 0.508. The summed E-state index contributed by atoms with van der Waals surface area (Å²) in [4.78, 5) is 22.6. The molecular weight excluding hydrogens is 356 g/mol. The molecular formula is C19H14ClN2O4-. The van der Waals surface area contributed by atoms with Gasteiger partial charge in [-0.3, -0.25) is 10.1 Å². The van der Waals surface area contributed by atoms with E-state index in [1.165, 1.54) is 12.1 Å². The van der Waals surface area contributed by atoms with E-state index in [4.69, 9.17) is 11.6 Å². The molecule has 2 aromatic carbocycles. The lowest BCUT2D eigenvalue weighted by Gasteiger charge is -2.38. The van der Waals surface area contributed by atoms with Crippen LogP contribution >= 0.6 is 11.6 Å². The monoisotopic (exact) mass is 369 g/mol. The summed E-state index contributed by atoms with van der Waals surface area (Å²) in [6.45, 7) is 0. The normalized spacial score (nSPS) is 23.0. The van der Waals surface area contributed by atoms with Gasteiger partial charge in [-0.2, -0.15) is 0 Å². The Morgan fingerprint density at radius 2 is 1.92 bits per heavy atom. The molecule has 3 atom stereocenters. The van der Waals surface area contributed by atoms with Gasteiger partial charge in [0.2, 0.25) is 0 Å². The van der Waals surface area contributed by atoms with Crippen LogP contribution in [0.15, 0.2) is 48.6 Å². The number of hydrogen-bond donors (Lipinski definition) is 1. The molecule has 2 aliphatic rings. The molecule has 0 bridgehead atoms. The molecule has 0 aromatic heterocycles. The Balaban J connectivity index is 1.91. The van der Waals surface area contributed by atoms with Gasteiger partial charge in [-0.25, -0.2) is 0 Å². The van der Waals surface area contributed by atoms with Crippen molar-refractivity contribution in [2.75, 3.05) is 5.32 Å². The van der Waals surface area contributed by atoms with Crippen LogP contribution in [-0.4, -0.2) is 10.9 Å². The summed E-state index contributed by atoms with van der Waals surface area (Å²) in [5.41, 5.74) is 1.50. The molecule has 2 aromatic rings. The third kappa shape index (κ3) is 2.54. The Labute approximate surface area is 154 Å². The second-order valence-corrected chi connectivity index (χ2v) is 6.93. The maximum Gasteiger partial charge on any atom is 0.275 e. The molecule has 0 amide bonds. The largest absolute Gasteiger partial charge is 0.545 e. The van der Waals surface area contributed by atoms with Crippen molar-refractivity contribution in [3.63, 3.8) is 0 Å². The summed E-state index contributed by atoms with van der Waals surface area (Å²) in [5.74, 6) is -1.54. The number of nitrogens with zero attached hydrogens (tertiary/aromatic N) is 1. The lowest BCUT2D eigenvalue weighted by Crippen LogP contribution is -2.33. The number of carboxylic acid groups (broad SMARTS) is 1. The summed E-state index contributed by atoms with van der Waals surface area (Å²) in [7, 11) is 0. The number of carbonyl (C=O) groups excluding carboxylic acids is 1. The standard InChI is InChI=1S/C19H15ClN2O4/c20-11-6-4-10(5-7-11)17-13-3-1-2-12(13)16-15(22(25)26)9-8-14(19(23)24)18(16)21-17/h1-2,4-9,12-13,17,21H,3H2,(H,23,24)/p-1/t12-,13+,17-/m1/s1. The Hall–Kier alpha value is -2.86. The lowest BCUT2D eigenvalue weighted by molar-refractivity contribution is -0.385. The van der Waals surface area contributed by atoms with Crippen LogP contribution in [-0.2, 0) is 0 Å². The summed E-state index contributed by atoms with van der Waals surface area (Å²) >= 11 is 5.97. The molecule has 1 heterocycles. The van der Waals surface area contributed by atoms with Crippen LogP contribution < -0.4 is 10.4 Å². The number of anilines is 1. The van der Waals surface area contributed by atoms with E-state index in [1.807, 2.05) is 24.3 Å². The average Bonchev–Trinajstić information content (AvgIpc) is 3.10. The second-order valence-electron chi connectivity index (χ2n) is 6.49. The minimum atomic E-state index is -1.36. The second kappa shape index (κ2) is 6.14. The number of aromatic carboxylic acids is 1. The third-order valence-corrected chi connectivity index (χ3v) is 5.39. The first kappa shape index (κ1) is 16.6. The highest BCUT2D eigenvalue weighted by molar-refractivity contribution is 6.30. The van der Waals surface area contributed by atoms with Crippen LogP contribution in [0.1, 0.15) is 39.9 Å². The molecule has 7 heteroatoms. The minimum absolute atomic E-state index is 0.0550. The number of nitrogens with one attached hydrogen (secondary N) is 1. The Kier molecular flexibility index (Phi) is 3.92. The van der Waals surface area contributed by atoms with Crippen molar-refractivity contribution in [2.45, 2.75) is 18.4 Å². The molecule has 1 aliphatic carbocycles. The molecule has 1 aliphatic heterocycles. The van der Waals surface area contributed by atoms with Gasteiger partial charge in [0.25, 0.3) is 5.69 Å². The number of carbonyl (C=O) groups is 1. The van der Waals surface area contributed by atoms with Crippen LogP contribution in [0.4, 0.5) is 11.4 Å². The van der Waals surface area contributed by atoms with Gasteiger partial charge in [-0.15, -0.1) is 0 Å². The fraction of sp³-hybridized carbons (Fsp3) is 0.211. The summed E-state index contributed by atoms with van der Waals surface area (Å²) in [6, 6.07) is 9.62. The first-order valence-corrected chi connectivity index (χ1v) is 8.56. The van der Waals surface area contributed by atoms with Gasteiger partial charge in [-0.1, -0.05) is 35.9 Å². The highest BCUT2D eigenvalue weighted by Crippen LogP contribution is 2.53. The molecule has 0 spiro atoms. The van der Waals surface area contributed by atoms with Crippen molar-refractivity contribution < 1.29 is 14.8 Å². The van der Waals surface area contributed by atoms with E-state index in [2.05, 4.69) is 5.32 Å². The van der Waals surface area contributed by atoms with Crippen molar-refractivity contribution in [3.05, 3.63) is 80.4 Å². The number of nitro benzene ring substituents is 1. The van der Waals surface area contributed by atoms with Crippen molar-refractivity contribution in [1.82, 2.24) is 0 Å². The van der Waals surface area contributed by atoms with E-state index < -0.39 is 10.9 Å². The third-order valence-electron chi connectivity index (χ3n) is 5.14. The van der Waals surface area contributed by atoms with E-state index in [-0.39, 0.29) is 34.8 Å². The first-order valence-electron chi connectivity index (χ1n) is 8.18. The number of carboxylic acids is 1. The Morgan fingerprint density at radius 1 is 1.19 bits per heavy atom. The van der Waals surface area contributed by atoms with Gasteiger partial charge in [0, 0.05) is 22.6 Å². The van der Waals surface area contributed by atoms with E-state index >= 15 is 0 Å². The van der Waals surface area contributed by atoms with Crippen molar-refractivity contribution in [1.29, 1.82) is 0 Å². The topological polar surface area (TPSA) is 95.3 Å². The number of rotatable bonds is 3. The van der Waals surface area contributed by atoms with Gasteiger partial charge in [0.15, 0.2) is 0 Å². The van der Waals surface area contributed by atoms with Crippen LogP contribution in [0.3, 0.4) is 0 Å². The first-order chi connectivity index (χ1) is 12.5. The Morgan fingerprint density at radius 3 is 2.58 bits per heavy atom. The van der Waals surface area contributed by atoms with Gasteiger partial charge in [-0.05, 0) is 36.1 Å². The summed E-state index contributed by atoms with van der Waals surface area (Å²) < 4.78 is 0. The molecule has 6 nitrogen and oxygen atoms in total. The van der Waals surface area contributed by atoms with E-state index in [1.54, 1.807) is 12.1 Å². The van der Waals surface area contributed by atoms with Crippen LogP contribution in [0.2, 0.25) is 5.02 Å². The fourth-order valence-corrected chi connectivity index (χ4v) is 4.15. The zero-order valence-electron chi connectivity index (χ0n) is 13.5. The summed E-state index contributed by atoms with van der Waals surface area (Å²) in [6.07, 6.45) is 4.67. The van der Waals surface area contributed by atoms with E-state index in [0.717, 1.165) is 12.0 Å². The SMILES string of the molecule is O=C([O-])c1ccc([N+](=O)[O-])c2c1N[C@H](c1ccc(Cl)cc1)[C@H]1CC=C[C@@H]21. The molecule has 132 valence electrons. The fourth-order valence-electron chi connectivity index (χ4n) is 4.02. The zero-order valence-corrected chi connectivity index (χ0v) is 14.3. The molecule has 26 heavy (non-hydrogen) atoms.